The minimum Gasteiger partial charge on any atom is -0.381 e. The van der Waals surface area contributed by atoms with E-state index in [-0.39, 0.29) is 11.9 Å². The first-order chi connectivity index (χ1) is 7.75. The Kier molecular flexibility index (Phi) is 3.51. The van der Waals surface area contributed by atoms with E-state index in [4.69, 9.17) is 4.74 Å². The molecule has 0 radical (unpaired) electrons. The van der Waals surface area contributed by atoms with Crippen molar-refractivity contribution >= 4 is 5.91 Å². The van der Waals surface area contributed by atoms with Gasteiger partial charge in [0, 0.05) is 36.7 Å². The van der Waals surface area contributed by atoms with Crippen LogP contribution in [-0.4, -0.2) is 30.1 Å². The van der Waals surface area contributed by atoms with Gasteiger partial charge in [-0.25, -0.2) is 0 Å². The minimum absolute atomic E-state index is 0.0163. The number of hydrogen-bond donors (Lipinski definition) is 1. The monoisotopic (exact) mass is 220 g/mol. The molecule has 4 nitrogen and oxygen atoms in total. The van der Waals surface area contributed by atoms with Gasteiger partial charge < -0.3 is 10.1 Å². The van der Waals surface area contributed by atoms with Crippen LogP contribution >= 0.6 is 0 Å². The normalized spacial score (nSPS) is 17.1. The van der Waals surface area contributed by atoms with Crippen LogP contribution in [0.5, 0.6) is 0 Å². The number of amides is 1. The van der Waals surface area contributed by atoms with Crippen LogP contribution in [0.2, 0.25) is 0 Å². The number of pyridine rings is 1. The molecule has 1 N–H and O–H groups in total. The van der Waals surface area contributed by atoms with Crippen LogP contribution in [0.3, 0.4) is 0 Å². The van der Waals surface area contributed by atoms with Crippen molar-refractivity contribution in [1.29, 1.82) is 0 Å². The molecule has 0 spiro atoms. The number of aromatic nitrogens is 1. The summed E-state index contributed by atoms with van der Waals surface area (Å²) in [5, 5.41) is 3.02. The average Bonchev–Trinajstić information content (AvgIpc) is 2.30. The molecule has 86 valence electrons. The first-order valence-electron chi connectivity index (χ1n) is 5.57. The second-order valence-corrected chi connectivity index (χ2v) is 4.05. The quantitative estimate of drug-likeness (QED) is 0.817. The van der Waals surface area contributed by atoms with Crippen molar-refractivity contribution in [3.8, 4) is 0 Å². The maximum Gasteiger partial charge on any atom is 0.251 e. The fraction of sp³-hybridized carbons (Fsp3) is 0.500. The molecule has 1 aliphatic rings. The largest absolute Gasteiger partial charge is 0.381 e. The topological polar surface area (TPSA) is 51.2 Å². The van der Waals surface area contributed by atoms with E-state index < -0.39 is 0 Å². The summed E-state index contributed by atoms with van der Waals surface area (Å²) in [6, 6.07) is 3.78. The Bertz CT molecular complexity index is 373. The van der Waals surface area contributed by atoms with Gasteiger partial charge in [0.1, 0.15) is 0 Å². The van der Waals surface area contributed by atoms with Crippen LogP contribution in [0.15, 0.2) is 18.3 Å². The Morgan fingerprint density at radius 3 is 2.94 bits per heavy atom. The number of rotatable bonds is 2. The van der Waals surface area contributed by atoms with Gasteiger partial charge in [0.05, 0.1) is 0 Å². The molecule has 1 aromatic heterocycles. The van der Waals surface area contributed by atoms with Gasteiger partial charge in [-0.2, -0.15) is 0 Å². The van der Waals surface area contributed by atoms with Gasteiger partial charge >= 0.3 is 0 Å². The molecule has 0 unspecified atom stereocenters. The van der Waals surface area contributed by atoms with E-state index in [9.17, 15) is 4.79 Å². The Hall–Kier alpha value is -1.42. The second kappa shape index (κ2) is 5.07. The molecule has 2 heterocycles. The highest BCUT2D eigenvalue weighted by Gasteiger charge is 2.16. The Labute approximate surface area is 95.0 Å². The number of nitrogens with one attached hydrogen (secondary N) is 1. The zero-order chi connectivity index (χ0) is 11.4. The highest BCUT2D eigenvalue weighted by molar-refractivity contribution is 5.94. The van der Waals surface area contributed by atoms with Crippen LogP contribution < -0.4 is 5.32 Å². The van der Waals surface area contributed by atoms with E-state index in [0.29, 0.717) is 5.56 Å². The predicted octanol–water partition coefficient (Wildman–Crippen LogP) is 1.30. The molecule has 0 bridgehead atoms. The molecule has 1 fully saturated rings. The summed E-state index contributed by atoms with van der Waals surface area (Å²) in [7, 11) is 0. The highest BCUT2D eigenvalue weighted by atomic mass is 16.5. The summed E-state index contributed by atoms with van der Waals surface area (Å²) in [4.78, 5) is 16.0. The molecule has 4 heteroatoms. The summed E-state index contributed by atoms with van der Waals surface area (Å²) in [6.45, 7) is 3.35. The molecule has 2 rings (SSSR count). The molecule has 0 saturated carbocycles. The van der Waals surface area contributed by atoms with Gasteiger partial charge in [0.2, 0.25) is 0 Å². The molecule has 1 aliphatic heterocycles. The summed E-state index contributed by atoms with van der Waals surface area (Å²) in [5.41, 5.74) is 1.54. The van der Waals surface area contributed by atoms with Gasteiger partial charge in [0.25, 0.3) is 5.91 Å². The molecule has 1 amide bonds. The standard InChI is InChI=1S/C12H16N2O2/c1-9-8-10(2-5-13-9)12(15)14-11-3-6-16-7-4-11/h2,5,8,11H,3-4,6-7H2,1H3,(H,14,15). The lowest BCUT2D eigenvalue weighted by Gasteiger charge is -2.23. The van der Waals surface area contributed by atoms with E-state index in [0.717, 1.165) is 31.7 Å². The van der Waals surface area contributed by atoms with Gasteiger partial charge in [-0.3, -0.25) is 9.78 Å². The average molecular weight is 220 g/mol. The Balaban J connectivity index is 1.97. The van der Waals surface area contributed by atoms with Gasteiger partial charge in [0.15, 0.2) is 0 Å². The van der Waals surface area contributed by atoms with Crippen molar-refractivity contribution < 1.29 is 9.53 Å². The van der Waals surface area contributed by atoms with E-state index in [1.165, 1.54) is 0 Å². The first-order valence-corrected chi connectivity index (χ1v) is 5.57. The SMILES string of the molecule is Cc1cc(C(=O)NC2CCOCC2)ccn1. The second-order valence-electron chi connectivity index (χ2n) is 4.05. The zero-order valence-electron chi connectivity index (χ0n) is 9.40. The Morgan fingerprint density at radius 2 is 2.25 bits per heavy atom. The first kappa shape index (κ1) is 11.1. The molecular weight excluding hydrogens is 204 g/mol. The number of nitrogens with zero attached hydrogens (tertiary/aromatic N) is 1. The molecule has 1 saturated heterocycles. The smallest absolute Gasteiger partial charge is 0.251 e. The molecule has 16 heavy (non-hydrogen) atoms. The Morgan fingerprint density at radius 1 is 1.50 bits per heavy atom. The van der Waals surface area contributed by atoms with Gasteiger partial charge in [-0.15, -0.1) is 0 Å². The fourth-order valence-electron chi connectivity index (χ4n) is 1.80. The minimum atomic E-state index is -0.0163. The number of aryl methyl sites for hydroxylation is 1. The molecule has 0 atom stereocenters. The highest BCUT2D eigenvalue weighted by Crippen LogP contribution is 2.08. The summed E-state index contributed by atoms with van der Waals surface area (Å²) < 4.78 is 5.24. The zero-order valence-corrected chi connectivity index (χ0v) is 9.40. The van der Waals surface area contributed by atoms with Crippen molar-refractivity contribution in [3.63, 3.8) is 0 Å². The summed E-state index contributed by atoms with van der Waals surface area (Å²) >= 11 is 0. The third-order valence-electron chi connectivity index (χ3n) is 2.72. The maximum absolute atomic E-state index is 11.9. The van der Waals surface area contributed by atoms with E-state index in [1.807, 2.05) is 6.92 Å². The van der Waals surface area contributed by atoms with E-state index >= 15 is 0 Å². The van der Waals surface area contributed by atoms with Crippen LogP contribution in [-0.2, 0) is 4.74 Å². The maximum atomic E-state index is 11.9. The third-order valence-corrected chi connectivity index (χ3v) is 2.72. The van der Waals surface area contributed by atoms with Crippen molar-refractivity contribution in [3.05, 3.63) is 29.6 Å². The summed E-state index contributed by atoms with van der Waals surface area (Å²) in [6.07, 6.45) is 3.46. The van der Waals surface area contributed by atoms with Crippen molar-refractivity contribution in [2.45, 2.75) is 25.8 Å². The fourth-order valence-corrected chi connectivity index (χ4v) is 1.80. The van der Waals surface area contributed by atoms with Crippen LogP contribution in [0.25, 0.3) is 0 Å². The molecule has 1 aromatic rings. The lowest BCUT2D eigenvalue weighted by molar-refractivity contribution is 0.0696. The number of carbonyl (C=O) groups excluding carboxylic acids is 1. The van der Waals surface area contributed by atoms with Crippen molar-refractivity contribution in [1.82, 2.24) is 10.3 Å². The number of hydrogen-bond acceptors (Lipinski definition) is 3. The van der Waals surface area contributed by atoms with Gasteiger partial charge in [-0.05, 0) is 31.9 Å². The van der Waals surface area contributed by atoms with E-state index in [2.05, 4.69) is 10.3 Å². The van der Waals surface area contributed by atoms with E-state index in [1.54, 1.807) is 18.3 Å². The van der Waals surface area contributed by atoms with Crippen LogP contribution in [0, 0.1) is 6.92 Å². The molecule has 0 aliphatic carbocycles. The van der Waals surface area contributed by atoms with Gasteiger partial charge in [-0.1, -0.05) is 0 Å². The van der Waals surface area contributed by atoms with Crippen molar-refractivity contribution in [2.24, 2.45) is 0 Å². The third kappa shape index (κ3) is 2.79. The lowest BCUT2D eigenvalue weighted by atomic mass is 10.1. The molecule has 0 aromatic carbocycles. The molecular formula is C12H16N2O2. The summed E-state index contributed by atoms with van der Waals surface area (Å²) in [5.74, 6) is -0.0163. The van der Waals surface area contributed by atoms with Crippen molar-refractivity contribution in [2.75, 3.05) is 13.2 Å². The predicted molar refractivity (Wildman–Crippen MR) is 60.3 cm³/mol. The number of carbonyl (C=O) groups is 1. The van der Waals surface area contributed by atoms with Crippen LogP contribution in [0.4, 0.5) is 0 Å². The lowest BCUT2D eigenvalue weighted by Crippen LogP contribution is -2.38. The number of ether oxygens (including phenoxy) is 1. The van der Waals surface area contributed by atoms with Crippen LogP contribution in [0.1, 0.15) is 28.9 Å².